The van der Waals surface area contributed by atoms with Gasteiger partial charge in [0.25, 0.3) is 0 Å². The molecule has 2 N–H and O–H groups in total. The van der Waals surface area contributed by atoms with Gasteiger partial charge in [-0.15, -0.1) is 0 Å². The van der Waals surface area contributed by atoms with E-state index in [1.807, 2.05) is 50.2 Å². The summed E-state index contributed by atoms with van der Waals surface area (Å²) in [4.78, 5) is 11.5. The Hall–Kier alpha value is -2.29. The number of carbonyl (C=O) groups is 1. The fourth-order valence-electron chi connectivity index (χ4n) is 2.83. The van der Waals surface area contributed by atoms with E-state index in [-0.39, 0.29) is 17.2 Å². The van der Waals surface area contributed by atoms with E-state index < -0.39 is 11.4 Å². The first-order valence-electron chi connectivity index (χ1n) is 7.95. The normalized spacial score (nSPS) is 12.9. The zero-order valence-corrected chi connectivity index (χ0v) is 14.1. The maximum atomic E-state index is 11.5. The molecule has 0 bridgehead atoms. The van der Waals surface area contributed by atoms with Crippen LogP contribution in [0.4, 0.5) is 0 Å². The van der Waals surface area contributed by atoms with Gasteiger partial charge in [0.1, 0.15) is 11.3 Å². The number of phenols is 1. The minimum Gasteiger partial charge on any atom is -0.507 e. The number of hydrogen-bond acceptors (Lipinski definition) is 2. The number of carboxylic acids is 1. The lowest BCUT2D eigenvalue weighted by atomic mass is 9.75. The molecule has 0 heterocycles. The summed E-state index contributed by atoms with van der Waals surface area (Å²) < 4.78 is 0. The van der Waals surface area contributed by atoms with Crippen LogP contribution in [0.15, 0.2) is 42.5 Å². The van der Waals surface area contributed by atoms with Crippen LogP contribution >= 0.6 is 0 Å². The molecule has 0 fully saturated rings. The third-order valence-electron chi connectivity index (χ3n) is 4.71. The molecule has 0 aliphatic rings. The quantitative estimate of drug-likeness (QED) is 0.823. The molecule has 3 nitrogen and oxygen atoms in total. The molecule has 0 aliphatic heterocycles. The maximum Gasteiger partial charge on any atom is 0.339 e. The minimum atomic E-state index is -1.10. The van der Waals surface area contributed by atoms with Gasteiger partial charge in [0.05, 0.1) is 0 Å². The highest BCUT2D eigenvalue weighted by atomic mass is 16.4. The van der Waals surface area contributed by atoms with Crippen molar-refractivity contribution in [3.8, 4) is 5.75 Å². The van der Waals surface area contributed by atoms with Gasteiger partial charge in [-0.1, -0.05) is 64.1 Å². The largest absolute Gasteiger partial charge is 0.507 e. The molecule has 23 heavy (non-hydrogen) atoms. The van der Waals surface area contributed by atoms with Gasteiger partial charge in [-0.3, -0.25) is 0 Å². The Bertz CT molecular complexity index is 702. The van der Waals surface area contributed by atoms with Crippen LogP contribution in [-0.2, 0) is 5.41 Å². The molecule has 1 atom stereocenters. The van der Waals surface area contributed by atoms with Crippen LogP contribution < -0.4 is 0 Å². The molecule has 0 amide bonds. The molecule has 0 aromatic heterocycles. The van der Waals surface area contributed by atoms with Crippen molar-refractivity contribution in [2.45, 2.75) is 45.4 Å². The van der Waals surface area contributed by atoms with E-state index in [0.29, 0.717) is 5.56 Å². The summed E-state index contributed by atoms with van der Waals surface area (Å²) in [7, 11) is 0. The maximum absolute atomic E-state index is 11.5. The second-order valence-corrected chi connectivity index (χ2v) is 6.57. The van der Waals surface area contributed by atoms with Gasteiger partial charge >= 0.3 is 5.97 Å². The van der Waals surface area contributed by atoms with Crippen LogP contribution in [-0.4, -0.2) is 16.2 Å². The van der Waals surface area contributed by atoms with Crippen LogP contribution in [0, 0.1) is 0 Å². The van der Waals surface area contributed by atoms with Crippen LogP contribution in [0.1, 0.15) is 67.1 Å². The molecule has 1 unspecified atom stereocenters. The van der Waals surface area contributed by atoms with E-state index in [0.717, 1.165) is 17.5 Å². The van der Waals surface area contributed by atoms with Gasteiger partial charge in [0, 0.05) is 11.0 Å². The molecule has 0 saturated carbocycles. The van der Waals surface area contributed by atoms with Crippen molar-refractivity contribution in [2.24, 2.45) is 0 Å². The first-order valence-corrected chi connectivity index (χ1v) is 7.95. The van der Waals surface area contributed by atoms with Crippen molar-refractivity contribution in [1.29, 1.82) is 0 Å². The molecule has 2 aromatic rings. The predicted molar refractivity (Wildman–Crippen MR) is 92.3 cm³/mol. The van der Waals surface area contributed by atoms with Gasteiger partial charge in [0.15, 0.2) is 0 Å². The van der Waals surface area contributed by atoms with Gasteiger partial charge in [-0.05, 0) is 29.5 Å². The number of benzene rings is 2. The lowest BCUT2D eigenvalue weighted by molar-refractivity contribution is 0.0693. The monoisotopic (exact) mass is 312 g/mol. The van der Waals surface area contributed by atoms with Crippen LogP contribution in [0.3, 0.4) is 0 Å². The lowest BCUT2D eigenvalue weighted by Gasteiger charge is -2.29. The SMILES string of the molecule is CCC(C)c1cc(C(=O)O)c(O)c(C(C)(C)c2ccccc2)c1. The highest BCUT2D eigenvalue weighted by Crippen LogP contribution is 2.40. The van der Waals surface area contributed by atoms with Crippen LogP contribution in [0.5, 0.6) is 5.75 Å². The summed E-state index contributed by atoms with van der Waals surface area (Å²) >= 11 is 0. The Morgan fingerprint density at radius 1 is 1.17 bits per heavy atom. The van der Waals surface area contributed by atoms with Gasteiger partial charge < -0.3 is 10.2 Å². The second kappa shape index (κ2) is 6.45. The zero-order valence-electron chi connectivity index (χ0n) is 14.1. The Morgan fingerprint density at radius 3 is 2.30 bits per heavy atom. The smallest absolute Gasteiger partial charge is 0.339 e. The summed E-state index contributed by atoms with van der Waals surface area (Å²) in [6, 6.07) is 13.4. The highest BCUT2D eigenvalue weighted by molar-refractivity contribution is 5.92. The topological polar surface area (TPSA) is 57.5 Å². The Morgan fingerprint density at radius 2 is 1.78 bits per heavy atom. The highest BCUT2D eigenvalue weighted by Gasteiger charge is 2.29. The van der Waals surface area contributed by atoms with E-state index in [4.69, 9.17) is 0 Å². The number of aromatic carboxylic acids is 1. The van der Waals surface area contributed by atoms with Gasteiger partial charge in [-0.25, -0.2) is 4.79 Å². The van der Waals surface area contributed by atoms with Gasteiger partial charge in [0.2, 0.25) is 0 Å². The van der Waals surface area contributed by atoms with Crippen molar-refractivity contribution >= 4 is 5.97 Å². The van der Waals surface area contributed by atoms with Gasteiger partial charge in [-0.2, -0.15) is 0 Å². The Balaban J connectivity index is 2.70. The molecule has 3 heteroatoms. The van der Waals surface area contributed by atoms with Crippen molar-refractivity contribution in [3.63, 3.8) is 0 Å². The van der Waals surface area contributed by atoms with Crippen molar-refractivity contribution in [3.05, 3.63) is 64.7 Å². The lowest BCUT2D eigenvalue weighted by Crippen LogP contribution is -2.20. The van der Waals surface area contributed by atoms with Crippen LogP contribution in [0.25, 0.3) is 0 Å². The molecule has 2 aromatic carbocycles. The first-order chi connectivity index (χ1) is 10.8. The molecule has 0 radical (unpaired) electrons. The fraction of sp³-hybridized carbons (Fsp3) is 0.350. The molecule has 0 spiro atoms. The van der Waals surface area contributed by atoms with Crippen LogP contribution in [0.2, 0.25) is 0 Å². The molecular weight excluding hydrogens is 288 g/mol. The predicted octanol–water partition coefficient (Wildman–Crippen LogP) is 4.93. The summed E-state index contributed by atoms with van der Waals surface area (Å²) in [5, 5.41) is 20.0. The minimum absolute atomic E-state index is 0.0261. The van der Waals surface area contributed by atoms with Crippen molar-refractivity contribution < 1.29 is 15.0 Å². The molecular formula is C20H24O3. The summed E-state index contributed by atoms with van der Waals surface area (Å²) in [5.41, 5.74) is 2.12. The molecule has 0 saturated heterocycles. The van der Waals surface area contributed by atoms with Crippen molar-refractivity contribution in [1.82, 2.24) is 0 Å². The third kappa shape index (κ3) is 3.24. The van der Waals surface area contributed by atoms with E-state index in [1.54, 1.807) is 6.07 Å². The first kappa shape index (κ1) is 17.1. The average Bonchev–Trinajstić information content (AvgIpc) is 2.54. The van der Waals surface area contributed by atoms with E-state index in [9.17, 15) is 15.0 Å². The summed E-state index contributed by atoms with van der Waals surface area (Å²) in [6.45, 7) is 8.14. The van der Waals surface area contributed by atoms with E-state index in [1.165, 1.54) is 0 Å². The average molecular weight is 312 g/mol. The van der Waals surface area contributed by atoms with Crippen molar-refractivity contribution in [2.75, 3.05) is 0 Å². The third-order valence-corrected chi connectivity index (χ3v) is 4.71. The van der Waals surface area contributed by atoms with E-state index in [2.05, 4.69) is 13.8 Å². The number of aromatic hydroxyl groups is 1. The number of rotatable bonds is 5. The Kier molecular flexibility index (Phi) is 4.79. The standard InChI is InChI=1S/C20H24O3/c1-5-13(2)14-11-16(19(22)23)18(21)17(12-14)20(3,4)15-9-7-6-8-10-15/h6-13,21H,5H2,1-4H3,(H,22,23). The fourth-order valence-corrected chi connectivity index (χ4v) is 2.83. The molecule has 0 aliphatic carbocycles. The summed E-state index contributed by atoms with van der Waals surface area (Å²) in [6.07, 6.45) is 0.912. The zero-order chi connectivity index (χ0) is 17.2. The number of carboxylic acid groups (broad SMARTS) is 1. The number of hydrogen-bond donors (Lipinski definition) is 2. The summed E-state index contributed by atoms with van der Waals surface area (Å²) in [5.74, 6) is -1.00. The molecule has 2 rings (SSSR count). The Labute approximate surface area is 137 Å². The van der Waals surface area contributed by atoms with E-state index >= 15 is 0 Å². The molecule has 122 valence electrons. The second-order valence-electron chi connectivity index (χ2n) is 6.57.